The van der Waals surface area contributed by atoms with Crippen LogP contribution in [0.2, 0.25) is 0 Å². The fraction of sp³-hybridized carbons (Fsp3) is 0.474. The molecule has 140 valence electrons. The Morgan fingerprint density at radius 2 is 2.15 bits per heavy atom. The van der Waals surface area contributed by atoms with Gasteiger partial charge in [0.2, 0.25) is 0 Å². The molecule has 1 saturated heterocycles. The number of phenolic OH excluding ortho intramolecular Hbond substituents is 1. The molecule has 1 aliphatic heterocycles. The largest absolute Gasteiger partial charge is 0.508 e. The number of aliphatic hydroxyl groups excluding tert-OH is 1. The van der Waals surface area contributed by atoms with E-state index in [1.165, 1.54) is 30.2 Å². The van der Waals surface area contributed by atoms with E-state index in [0.29, 0.717) is 17.0 Å². The normalized spacial score (nSPS) is 15.9. The Hall–Kier alpha value is -1.96. The van der Waals surface area contributed by atoms with Crippen LogP contribution in [0.25, 0.3) is 0 Å². The summed E-state index contributed by atoms with van der Waals surface area (Å²) >= 11 is 1.43. The summed E-state index contributed by atoms with van der Waals surface area (Å²) in [5.41, 5.74) is 0.593. The third-order valence-corrected chi connectivity index (χ3v) is 5.61. The van der Waals surface area contributed by atoms with E-state index < -0.39 is 6.10 Å². The van der Waals surface area contributed by atoms with Gasteiger partial charge in [-0.25, -0.2) is 4.98 Å². The zero-order valence-corrected chi connectivity index (χ0v) is 15.8. The molecule has 0 spiro atoms. The molecule has 0 saturated carbocycles. The van der Waals surface area contributed by atoms with Crippen molar-refractivity contribution in [3.8, 4) is 5.75 Å². The maximum absolute atomic E-state index is 12.8. The van der Waals surface area contributed by atoms with Crippen molar-refractivity contribution in [2.75, 3.05) is 26.2 Å². The van der Waals surface area contributed by atoms with Crippen molar-refractivity contribution < 1.29 is 15.0 Å². The lowest BCUT2D eigenvalue weighted by Gasteiger charge is -2.23. The number of aromatic nitrogens is 1. The lowest BCUT2D eigenvalue weighted by molar-refractivity contribution is 0.0639. The molecule has 1 amide bonds. The Bertz CT molecular complexity index is 743. The minimum Gasteiger partial charge on any atom is -0.508 e. The predicted octanol–water partition coefficient (Wildman–Crippen LogP) is 2.64. The van der Waals surface area contributed by atoms with Gasteiger partial charge in [0.1, 0.15) is 15.6 Å². The number of nitrogens with zero attached hydrogens (tertiary/aromatic N) is 3. The van der Waals surface area contributed by atoms with E-state index in [4.69, 9.17) is 0 Å². The van der Waals surface area contributed by atoms with Gasteiger partial charge in [-0.2, -0.15) is 0 Å². The summed E-state index contributed by atoms with van der Waals surface area (Å²) < 4.78 is 0. The monoisotopic (exact) mass is 375 g/mol. The first-order chi connectivity index (χ1) is 12.6. The lowest BCUT2D eigenvalue weighted by Crippen LogP contribution is -2.34. The Labute approximate surface area is 157 Å². The molecule has 0 radical (unpaired) electrons. The molecule has 26 heavy (non-hydrogen) atoms. The molecule has 6 nitrogen and oxygen atoms in total. The Balaban J connectivity index is 1.63. The predicted molar refractivity (Wildman–Crippen MR) is 101 cm³/mol. The fourth-order valence-electron chi connectivity index (χ4n) is 3.17. The molecule has 1 unspecified atom stereocenters. The molecule has 3 rings (SSSR count). The highest BCUT2D eigenvalue weighted by Gasteiger charge is 2.22. The second kappa shape index (κ2) is 8.62. The Morgan fingerprint density at radius 3 is 2.85 bits per heavy atom. The first-order valence-electron chi connectivity index (χ1n) is 9.00. The molecule has 0 bridgehead atoms. The number of likely N-dealkylation sites (N-methyl/N-ethyl adjacent to an activating group) is 1. The van der Waals surface area contributed by atoms with Crippen LogP contribution in [0, 0.1) is 0 Å². The molecular formula is C19H25N3O3S. The van der Waals surface area contributed by atoms with Crippen LogP contribution >= 0.6 is 11.3 Å². The van der Waals surface area contributed by atoms with E-state index in [1.54, 1.807) is 29.3 Å². The third kappa shape index (κ3) is 4.60. The maximum Gasteiger partial charge on any atom is 0.265 e. The van der Waals surface area contributed by atoms with E-state index in [-0.39, 0.29) is 18.2 Å². The van der Waals surface area contributed by atoms with Crippen molar-refractivity contribution in [1.82, 2.24) is 14.8 Å². The first-order valence-corrected chi connectivity index (χ1v) is 9.81. The number of carbonyl (C=O) groups excluding carboxylic acids is 1. The number of phenols is 1. The fourth-order valence-corrected chi connectivity index (χ4v) is 4.10. The van der Waals surface area contributed by atoms with E-state index in [1.807, 2.05) is 6.92 Å². The summed E-state index contributed by atoms with van der Waals surface area (Å²) in [5.74, 6) is -0.0122. The lowest BCUT2D eigenvalue weighted by atomic mass is 10.1. The van der Waals surface area contributed by atoms with Crippen molar-refractivity contribution in [2.24, 2.45) is 0 Å². The second-order valence-electron chi connectivity index (χ2n) is 6.56. The van der Waals surface area contributed by atoms with Crippen LogP contribution in [0.4, 0.5) is 0 Å². The highest BCUT2D eigenvalue weighted by Crippen LogP contribution is 2.22. The van der Waals surface area contributed by atoms with Gasteiger partial charge in [0.15, 0.2) is 0 Å². The van der Waals surface area contributed by atoms with Crippen LogP contribution in [0.1, 0.15) is 46.1 Å². The minimum absolute atomic E-state index is 0.102. The molecule has 1 aromatic carbocycles. The maximum atomic E-state index is 12.8. The quantitative estimate of drug-likeness (QED) is 0.778. The number of hydrogen-bond donors (Lipinski definition) is 2. The number of benzene rings is 1. The van der Waals surface area contributed by atoms with Gasteiger partial charge in [-0.15, -0.1) is 11.3 Å². The van der Waals surface area contributed by atoms with Crippen LogP contribution in [-0.4, -0.2) is 57.1 Å². The molecule has 1 fully saturated rings. The number of aromatic hydroxyl groups is 1. The summed E-state index contributed by atoms with van der Waals surface area (Å²) in [7, 11) is 0. The first kappa shape index (κ1) is 18.8. The smallest absolute Gasteiger partial charge is 0.265 e. The van der Waals surface area contributed by atoms with Crippen molar-refractivity contribution in [1.29, 1.82) is 0 Å². The molecule has 1 aromatic heterocycles. The van der Waals surface area contributed by atoms with Crippen LogP contribution in [-0.2, 0) is 6.54 Å². The summed E-state index contributed by atoms with van der Waals surface area (Å²) in [5, 5.41) is 20.9. The summed E-state index contributed by atoms with van der Waals surface area (Å²) in [6.07, 6.45) is 3.26. The van der Waals surface area contributed by atoms with Crippen molar-refractivity contribution >= 4 is 17.2 Å². The standard InChI is InChI=1S/C19H25N3O3S/c1-2-22(12-16(24)14-6-5-7-15(23)10-14)19(25)17-11-20-18(26-17)13-21-8-3-4-9-21/h5-7,10-11,16,23-24H,2-4,8-9,12-13H2,1H3. The number of aliphatic hydroxyl groups is 1. The number of rotatable bonds is 7. The van der Waals surface area contributed by atoms with Gasteiger partial charge in [-0.1, -0.05) is 12.1 Å². The van der Waals surface area contributed by atoms with Crippen LogP contribution in [0.5, 0.6) is 5.75 Å². The highest BCUT2D eigenvalue weighted by molar-refractivity contribution is 7.13. The molecule has 2 N–H and O–H groups in total. The zero-order chi connectivity index (χ0) is 18.5. The summed E-state index contributed by atoms with van der Waals surface area (Å²) in [4.78, 5) is 21.8. The molecule has 0 aliphatic carbocycles. The molecule has 1 aliphatic rings. The van der Waals surface area contributed by atoms with Gasteiger partial charge in [-0.05, 0) is 50.6 Å². The SMILES string of the molecule is CCN(CC(O)c1cccc(O)c1)C(=O)c1cnc(CN2CCCC2)s1. The van der Waals surface area contributed by atoms with Crippen LogP contribution in [0.3, 0.4) is 0 Å². The number of hydrogen-bond acceptors (Lipinski definition) is 6. The van der Waals surface area contributed by atoms with E-state index in [0.717, 1.165) is 24.6 Å². The molecule has 7 heteroatoms. The number of likely N-dealkylation sites (tertiary alicyclic amines) is 1. The summed E-state index contributed by atoms with van der Waals surface area (Å²) in [6, 6.07) is 6.49. The number of amides is 1. The minimum atomic E-state index is -0.844. The highest BCUT2D eigenvalue weighted by atomic mass is 32.1. The Morgan fingerprint density at radius 1 is 1.38 bits per heavy atom. The van der Waals surface area contributed by atoms with E-state index >= 15 is 0 Å². The van der Waals surface area contributed by atoms with Gasteiger partial charge in [-0.3, -0.25) is 9.69 Å². The van der Waals surface area contributed by atoms with Crippen molar-refractivity contribution in [2.45, 2.75) is 32.4 Å². The molecular weight excluding hydrogens is 350 g/mol. The third-order valence-electron chi connectivity index (χ3n) is 4.64. The van der Waals surface area contributed by atoms with Gasteiger partial charge in [0.05, 0.1) is 25.4 Å². The van der Waals surface area contributed by atoms with Gasteiger partial charge >= 0.3 is 0 Å². The molecule has 1 atom stereocenters. The summed E-state index contributed by atoms with van der Waals surface area (Å²) in [6.45, 7) is 5.56. The zero-order valence-electron chi connectivity index (χ0n) is 15.0. The van der Waals surface area contributed by atoms with Gasteiger partial charge in [0.25, 0.3) is 5.91 Å². The molecule has 2 aromatic rings. The van der Waals surface area contributed by atoms with Gasteiger partial charge in [0, 0.05) is 6.54 Å². The number of thiazole rings is 1. The van der Waals surface area contributed by atoms with Gasteiger partial charge < -0.3 is 15.1 Å². The van der Waals surface area contributed by atoms with E-state index in [2.05, 4.69) is 9.88 Å². The van der Waals surface area contributed by atoms with Crippen LogP contribution in [0.15, 0.2) is 30.5 Å². The molecule has 2 heterocycles. The average Bonchev–Trinajstić information content (AvgIpc) is 3.31. The van der Waals surface area contributed by atoms with Crippen molar-refractivity contribution in [3.05, 3.63) is 45.9 Å². The second-order valence-corrected chi connectivity index (χ2v) is 7.67. The van der Waals surface area contributed by atoms with Crippen molar-refractivity contribution in [3.63, 3.8) is 0 Å². The Kier molecular flexibility index (Phi) is 6.24. The van der Waals surface area contributed by atoms with Crippen LogP contribution < -0.4 is 0 Å². The average molecular weight is 375 g/mol. The van der Waals surface area contributed by atoms with E-state index in [9.17, 15) is 15.0 Å². The number of carbonyl (C=O) groups is 1. The topological polar surface area (TPSA) is 76.9 Å².